The maximum absolute atomic E-state index is 12.9. The lowest BCUT2D eigenvalue weighted by molar-refractivity contribution is -0.137. The van der Waals surface area contributed by atoms with Gasteiger partial charge in [-0.05, 0) is 61.1 Å². The van der Waals surface area contributed by atoms with Gasteiger partial charge in [0.2, 0.25) is 10.0 Å². The van der Waals surface area contributed by atoms with E-state index in [2.05, 4.69) is 5.32 Å². The molecule has 172 valence electrons. The largest absolute Gasteiger partial charge is 0.416 e. The van der Waals surface area contributed by atoms with Gasteiger partial charge in [0.05, 0.1) is 10.5 Å². The number of sulfonamides is 1. The molecule has 2 heterocycles. The Morgan fingerprint density at radius 3 is 2.09 bits per heavy atom. The van der Waals surface area contributed by atoms with Crippen molar-refractivity contribution in [2.75, 3.05) is 31.5 Å². The van der Waals surface area contributed by atoms with E-state index in [0.29, 0.717) is 44.7 Å². The van der Waals surface area contributed by atoms with E-state index >= 15 is 0 Å². The number of rotatable bonds is 3. The van der Waals surface area contributed by atoms with Gasteiger partial charge in [-0.2, -0.15) is 17.5 Å². The normalized spacial score (nSPS) is 19.3. The van der Waals surface area contributed by atoms with Crippen LogP contribution >= 0.6 is 0 Å². The summed E-state index contributed by atoms with van der Waals surface area (Å²) in [5, 5.41) is 2.64. The first-order chi connectivity index (χ1) is 15.1. The Hall–Kier alpha value is -2.59. The fourth-order valence-electron chi connectivity index (χ4n) is 4.38. The Morgan fingerprint density at radius 1 is 0.906 bits per heavy atom. The van der Waals surface area contributed by atoms with Crippen molar-refractivity contribution < 1.29 is 26.4 Å². The lowest BCUT2D eigenvalue weighted by Crippen LogP contribution is -2.46. The van der Waals surface area contributed by atoms with Gasteiger partial charge in [0.25, 0.3) is 0 Å². The molecule has 0 radical (unpaired) electrons. The summed E-state index contributed by atoms with van der Waals surface area (Å²) in [4.78, 5) is 14.5. The Morgan fingerprint density at radius 2 is 1.50 bits per heavy atom. The zero-order valence-electron chi connectivity index (χ0n) is 17.3. The number of piperidine rings is 1. The molecule has 10 heteroatoms. The van der Waals surface area contributed by atoms with Gasteiger partial charge < -0.3 is 10.2 Å². The van der Waals surface area contributed by atoms with Gasteiger partial charge in [0.1, 0.15) is 0 Å². The number of hydrogen-bond donors (Lipinski definition) is 1. The van der Waals surface area contributed by atoms with Gasteiger partial charge in [-0.3, -0.25) is 0 Å². The number of likely N-dealkylation sites (tertiary alicyclic amines) is 1. The van der Waals surface area contributed by atoms with Gasteiger partial charge in [0.15, 0.2) is 0 Å². The molecule has 6 nitrogen and oxygen atoms in total. The number of carbonyl (C=O) groups excluding carboxylic acids is 1. The van der Waals surface area contributed by atoms with E-state index in [9.17, 15) is 26.4 Å². The van der Waals surface area contributed by atoms with Crippen molar-refractivity contribution in [2.24, 2.45) is 5.41 Å². The van der Waals surface area contributed by atoms with Crippen LogP contribution in [0.1, 0.15) is 24.8 Å². The lowest BCUT2D eigenvalue weighted by atomic mass is 9.78. The van der Waals surface area contributed by atoms with E-state index in [1.807, 2.05) is 0 Å². The third-order valence-electron chi connectivity index (χ3n) is 6.36. The second-order valence-corrected chi connectivity index (χ2v) is 10.3. The van der Waals surface area contributed by atoms with E-state index in [-0.39, 0.29) is 16.3 Å². The van der Waals surface area contributed by atoms with E-state index in [4.69, 9.17) is 0 Å². The van der Waals surface area contributed by atoms with E-state index in [1.54, 1.807) is 35.2 Å². The van der Waals surface area contributed by atoms with Crippen LogP contribution in [0, 0.1) is 5.41 Å². The summed E-state index contributed by atoms with van der Waals surface area (Å²) in [6.45, 7) is 1.81. The second kappa shape index (κ2) is 8.40. The van der Waals surface area contributed by atoms with Crippen LogP contribution in [0.2, 0.25) is 0 Å². The highest BCUT2D eigenvalue weighted by atomic mass is 32.2. The van der Waals surface area contributed by atoms with Gasteiger partial charge in [-0.25, -0.2) is 13.2 Å². The average Bonchev–Trinajstić information content (AvgIpc) is 3.19. The summed E-state index contributed by atoms with van der Waals surface area (Å²) in [6.07, 6.45) is -2.33. The molecule has 2 aromatic rings. The van der Waals surface area contributed by atoms with Crippen LogP contribution in [-0.2, 0) is 16.2 Å². The topological polar surface area (TPSA) is 69.7 Å². The highest BCUT2D eigenvalue weighted by molar-refractivity contribution is 7.89. The van der Waals surface area contributed by atoms with Crippen LogP contribution in [0.4, 0.5) is 23.7 Å². The highest BCUT2D eigenvalue weighted by Gasteiger charge is 2.45. The highest BCUT2D eigenvalue weighted by Crippen LogP contribution is 2.42. The standard InChI is InChI=1S/C22H24F3N3O3S/c23-22(24,25)17-6-8-18(9-7-17)26-20(29)27-13-10-21(11-14-27)12-15-28(16-21)32(30,31)19-4-2-1-3-5-19/h1-9H,10-16H2,(H,26,29). The summed E-state index contributed by atoms with van der Waals surface area (Å²) in [7, 11) is -3.54. The summed E-state index contributed by atoms with van der Waals surface area (Å²) >= 11 is 0. The molecule has 2 fully saturated rings. The summed E-state index contributed by atoms with van der Waals surface area (Å²) < 4.78 is 65.4. The van der Waals surface area contributed by atoms with Crippen LogP contribution in [0.25, 0.3) is 0 Å². The SMILES string of the molecule is O=C(Nc1ccc(C(F)(F)F)cc1)N1CCC2(CC1)CCN(S(=O)(=O)c1ccccc1)C2. The first-order valence-corrected chi connectivity index (χ1v) is 11.8. The summed E-state index contributed by atoms with van der Waals surface area (Å²) in [5.41, 5.74) is -0.636. The van der Waals surface area contributed by atoms with Crippen molar-refractivity contribution in [3.63, 3.8) is 0 Å². The molecule has 32 heavy (non-hydrogen) atoms. The number of benzene rings is 2. The van der Waals surface area contributed by atoms with E-state index in [1.165, 1.54) is 16.4 Å². The maximum atomic E-state index is 12.9. The molecular weight excluding hydrogens is 443 g/mol. The van der Waals surface area contributed by atoms with Crippen molar-refractivity contribution in [2.45, 2.75) is 30.3 Å². The zero-order valence-corrected chi connectivity index (χ0v) is 18.1. The molecule has 2 aliphatic rings. The zero-order chi connectivity index (χ0) is 23.0. The number of alkyl halides is 3. The smallest absolute Gasteiger partial charge is 0.324 e. The monoisotopic (exact) mass is 467 g/mol. The molecule has 0 saturated carbocycles. The van der Waals surface area contributed by atoms with Crippen LogP contribution < -0.4 is 5.32 Å². The fourth-order valence-corrected chi connectivity index (χ4v) is 5.95. The van der Waals surface area contributed by atoms with Gasteiger partial charge >= 0.3 is 12.2 Å². The molecule has 2 saturated heterocycles. The molecular formula is C22H24F3N3O3S. The number of hydrogen-bond acceptors (Lipinski definition) is 3. The van der Waals surface area contributed by atoms with Crippen molar-refractivity contribution in [3.8, 4) is 0 Å². The minimum absolute atomic E-state index is 0.160. The Labute approximate surface area is 185 Å². The van der Waals surface area contributed by atoms with Gasteiger partial charge in [-0.1, -0.05) is 18.2 Å². The van der Waals surface area contributed by atoms with E-state index < -0.39 is 21.8 Å². The predicted octanol–water partition coefficient (Wildman–Crippen LogP) is 4.41. The van der Waals surface area contributed by atoms with Gasteiger partial charge in [-0.15, -0.1) is 0 Å². The predicted molar refractivity (Wildman–Crippen MR) is 114 cm³/mol. The number of carbonyl (C=O) groups is 1. The molecule has 0 bridgehead atoms. The minimum Gasteiger partial charge on any atom is -0.324 e. The molecule has 2 aliphatic heterocycles. The van der Waals surface area contributed by atoms with E-state index in [0.717, 1.165) is 18.6 Å². The third-order valence-corrected chi connectivity index (χ3v) is 8.22. The summed E-state index contributed by atoms with van der Waals surface area (Å²) in [6, 6.07) is 12.3. The third kappa shape index (κ3) is 4.61. The summed E-state index contributed by atoms with van der Waals surface area (Å²) in [5.74, 6) is 0. The number of nitrogens with zero attached hydrogens (tertiary/aromatic N) is 2. The molecule has 0 unspecified atom stereocenters. The molecule has 0 aliphatic carbocycles. The number of nitrogens with one attached hydrogen (secondary N) is 1. The molecule has 2 amide bonds. The Balaban J connectivity index is 1.33. The molecule has 1 spiro atoms. The van der Waals surface area contributed by atoms with Gasteiger partial charge in [0, 0.05) is 31.9 Å². The van der Waals surface area contributed by atoms with Crippen LogP contribution in [0.15, 0.2) is 59.5 Å². The number of amides is 2. The number of anilines is 1. The van der Waals surface area contributed by atoms with Crippen molar-refractivity contribution >= 4 is 21.7 Å². The lowest BCUT2D eigenvalue weighted by Gasteiger charge is -2.39. The molecule has 1 N–H and O–H groups in total. The minimum atomic E-state index is -4.42. The number of halogens is 3. The maximum Gasteiger partial charge on any atom is 0.416 e. The average molecular weight is 468 g/mol. The Bertz CT molecular complexity index is 1070. The second-order valence-electron chi connectivity index (χ2n) is 8.39. The van der Waals surface area contributed by atoms with Crippen LogP contribution in [0.5, 0.6) is 0 Å². The van der Waals surface area contributed by atoms with Crippen molar-refractivity contribution in [1.29, 1.82) is 0 Å². The molecule has 2 aromatic carbocycles. The van der Waals surface area contributed by atoms with Crippen LogP contribution in [-0.4, -0.2) is 49.8 Å². The first-order valence-electron chi connectivity index (χ1n) is 10.4. The number of urea groups is 1. The Kier molecular flexibility index (Phi) is 5.93. The van der Waals surface area contributed by atoms with Crippen LogP contribution in [0.3, 0.4) is 0 Å². The quantitative estimate of drug-likeness (QED) is 0.727. The molecule has 0 atom stereocenters. The van der Waals surface area contributed by atoms with Crippen molar-refractivity contribution in [1.82, 2.24) is 9.21 Å². The van der Waals surface area contributed by atoms with Crippen molar-refractivity contribution in [3.05, 3.63) is 60.2 Å². The molecule has 4 rings (SSSR count). The molecule has 0 aromatic heterocycles. The fraction of sp³-hybridized carbons (Fsp3) is 0.409. The first kappa shape index (κ1) is 22.6.